The van der Waals surface area contributed by atoms with Gasteiger partial charge in [0, 0.05) is 18.0 Å². The fraction of sp³-hybridized carbons (Fsp3) is 0.391. The molecule has 0 bridgehead atoms. The van der Waals surface area contributed by atoms with Crippen LogP contribution in [0.5, 0.6) is 0 Å². The molecule has 0 saturated heterocycles. The van der Waals surface area contributed by atoms with E-state index < -0.39 is 24.5 Å². The van der Waals surface area contributed by atoms with Gasteiger partial charge in [0.25, 0.3) is 12.3 Å². The Kier molecular flexibility index (Phi) is 6.35. The molecule has 10 heteroatoms. The molecular weight excluding hydrogens is 433 g/mol. The zero-order valence-electron chi connectivity index (χ0n) is 18.4. The topological polar surface area (TPSA) is 84.2 Å². The summed E-state index contributed by atoms with van der Waals surface area (Å²) in [6, 6.07) is 3.68. The number of pyridine rings is 1. The molecular formula is C23H25F3N6O. The predicted octanol–water partition coefficient (Wildman–Crippen LogP) is 4.05. The molecule has 0 spiro atoms. The zero-order chi connectivity index (χ0) is 23.6. The molecule has 3 heterocycles. The third kappa shape index (κ3) is 5.32. The molecule has 1 amide bonds. The lowest BCUT2D eigenvalue weighted by atomic mass is 9.98. The van der Waals surface area contributed by atoms with Gasteiger partial charge in [-0.25, -0.2) is 27.7 Å². The number of halogens is 3. The average Bonchev–Trinajstić information content (AvgIpc) is 3.07. The summed E-state index contributed by atoms with van der Waals surface area (Å²) in [7, 11) is 0. The number of carbonyl (C=O) groups excluding carboxylic acids is 1. The fourth-order valence-corrected chi connectivity index (χ4v) is 3.69. The number of hydrogen-bond acceptors (Lipinski definition) is 5. The van der Waals surface area contributed by atoms with Crippen molar-refractivity contribution in [3.63, 3.8) is 0 Å². The van der Waals surface area contributed by atoms with Crippen LogP contribution in [0.3, 0.4) is 0 Å². The van der Waals surface area contributed by atoms with Gasteiger partial charge in [-0.3, -0.25) is 4.79 Å². The summed E-state index contributed by atoms with van der Waals surface area (Å²) in [5.41, 5.74) is 2.82. The number of amides is 1. The van der Waals surface area contributed by atoms with Crippen LogP contribution in [0.2, 0.25) is 0 Å². The second kappa shape index (κ2) is 9.21. The molecule has 0 atom stereocenters. The number of nitrogens with zero attached hydrogens (tertiary/aromatic N) is 4. The lowest BCUT2D eigenvalue weighted by Crippen LogP contribution is -2.28. The minimum absolute atomic E-state index is 0.1000. The second-order valence-electron chi connectivity index (χ2n) is 8.54. The number of hydrogen-bond donors (Lipinski definition) is 2. The van der Waals surface area contributed by atoms with Crippen LogP contribution in [0.15, 0.2) is 36.8 Å². The molecule has 3 aromatic heterocycles. The second-order valence-corrected chi connectivity index (χ2v) is 8.54. The number of aryl methyl sites for hydroxylation is 1. The lowest BCUT2D eigenvalue weighted by Gasteiger charge is -2.16. The van der Waals surface area contributed by atoms with E-state index in [2.05, 4.69) is 31.8 Å². The summed E-state index contributed by atoms with van der Waals surface area (Å²) in [5.74, 6) is -0.225. The monoisotopic (exact) mass is 458 g/mol. The van der Waals surface area contributed by atoms with Crippen LogP contribution in [0.1, 0.15) is 53.9 Å². The van der Waals surface area contributed by atoms with E-state index in [-0.39, 0.29) is 12.1 Å². The highest BCUT2D eigenvalue weighted by molar-refractivity contribution is 6.01. The van der Waals surface area contributed by atoms with Gasteiger partial charge in [-0.1, -0.05) is 6.08 Å². The highest BCUT2D eigenvalue weighted by Gasteiger charge is 2.20. The van der Waals surface area contributed by atoms with Crippen LogP contribution in [0.4, 0.5) is 19.1 Å². The Morgan fingerprint density at radius 2 is 2.12 bits per heavy atom. The number of anilines is 1. The third-order valence-electron chi connectivity index (χ3n) is 5.28. The fourth-order valence-electron chi connectivity index (χ4n) is 3.69. The van der Waals surface area contributed by atoms with Crippen molar-refractivity contribution < 1.29 is 18.0 Å². The summed E-state index contributed by atoms with van der Waals surface area (Å²) in [5, 5.41) is 9.32. The molecule has 1 aliphatic carbocycles. The van der Waals surface area contributed by atoms with Gasteiger partial charge >= 0.3 is 0 Å². The van der Waals surface area contributed by atoms with E-state index in [1.807, 2.05) is 12.1 Å². The Hall–Kier alpha value is -3.43. The van der Waals surface area contributed by atoms with E-state index in [1.165, 1.54) is 24.6 Å². The molecule has 174 valence electrons. The van der Waals surface area contributed by atoms with Crippen molar-refractivity contribution in [1.29, 1.82) is 0 Å². The SMILES string of the molecule is CC(C)(F)CNc1ncc2c(n1)CCCC=C2c1ccn2ncc(C(=O)NCC(F)F)c2c1. The van der Waals surface area contributed by atoms with Crippen molar-refractivity contribution in [2.75, 3.05) is 18.4 Å². The molecule has 7 nitrogen and oxygen atoms in total. The number of carbonyl (C=O) groups is 1. The molecule has 0 unspecified atom stereocenters. The number of rotatable bonds is 7. The molecule has 2 N–H and O–H groups in total. The molecule has 1 aliphatic rings. The quantitative estimate of drug-likeness (QED) is 0.558. The first-order valence-electron chi connectivity index (χ1n) is 10.7. The first-order chi connectivity index (χ1) is 15.7. The Labute approximate surface area is 189 Å². The van der Waals surface area contributed by atoms with E-state index in [0.717, 1.165) is 41.7 Å². The minimum atomic E-state index is -2.63. The molecule has 0 fully saturated rings. The van der Waals surface area contributed by atoms with Crippen molar-refractivity contribution >= 4 is 22.9 Å². The maximum Gasteiger partial charge on any atom is 0.255 e. The molecule has 3 aromatic rings. The number of nitrogens with one attached hydrogen (secondary N) is 2. The smallest absolute Gasteiger partial charge is 0.255 e. The third-order valence-corrected chi connectivity index (χ3v) is 5.28. The van der Waals surface area contributed by atoms with Gasteiger partial charge in [-0.05, 0) is 56.4 Å². The summed E-state index contributed by atoms with van der Waals surface area (Å²) >= 11 is 0. The highest BCUT2D eigenvalue weighted by Crippen LogP contribution is 2.31. The zero-order valence-corrected chi connectivity index (χ0v) is 18.4. The molecule has 0 aromatic carbocycles. The maximum absolute atomic E-state index is 13.8. The van der Waals surface area contributed by atoms with Gasteiger partial charge in [-0.2, -0.15) is 5.10 Å². The average molecular weight is 458 g/mol. The van der Waals surface area contributed by atoms with Crippen LogP contribution in [-0.4, -0.2) is 50.7 Å². The minimum Gasteiger partial charge on any atom is -0.351 e. The largest absolute Gasteiger partial charge is 0.351 e. The van der Waals surface area contributed by atoms with Crippen LogP contribution in [-0.2, 0) is 6.42 Å². The van der Waals surface area contributed by atoms with Gasteiger partial charge in [0.05, 0.1) is 36.1 Å². The van der Waals surface area contributed by atoms with Crippen LogP contribution in [0, 0.1) is 0 Å². The number of fused-ring (bicyclic) bond motifs is 2. The lowest BCUT2D eigenvalue weighted by molar-refractivity contribution is 0.0893. The van der Waals surface area contributed by atoms with Crippen LogP contribution >= 0.6 is 0 Å². The maximum atomic E-state index is 13.8. The number of alkyl halides is 3. The summed E-state index contributed by atoms with van der Waals surface area (Å²) in [6.45, 7) is 2.35. The van der Waals surface area contributed by atoms with E-state index in [4.69, 9.17) is 0 Å². The van der Waals surface area contributed by atoms with E-state index in [1.54, 1.807) is 12.4 Å². The number of allylic oxidation sites excluding steroid dienone is 1. The van der Waals surface area contributed by atoms with Gasteiger partial charge in [0.1, 0.15) is 5.67 Å². The van der Waals surface area contributed by atoms with Crippen molar-refractivity contribution in [2.24, 2.45) is 0 Å². The van der Waals surface area contributed by atoms with E-state index >= 15 is 0 Å². The molecule has 0 radical (unpaired) electrons. The Morgan fingerprint density at radius 3 is 2.88 bits per heavy atom. The number of aromatic nitrogens is 4. The standard InChI is InChI=1S/C23H25F3N6O/c1-23(2,26)13-29-22-28-10-16-15(5-3-4-6-18(16)31-22)14-7-8-32-19(9-14)17(11-30-32)21(33)27-12-20(24)25/h5,7-11,20H,3-4,6,12-13H2,1-2H3,(H,27,33)(H,28,29,31). The Bertz CT molecular complexity index is 1200. The summed E-state index contributed by atoms with van der Waals surface area (Å²) < 4.78 is 40.4. The van der Waals surface area contributed by atoms with Gasteiger partial charge in [0.15, 0.2) is 0 Å². The first-order valence-corrected chi connectivity index (χ1v) is 10.7. The molecule has 4 rings (SSSR count). The summed E-state index contributed by atoms with van der Waals surface area (Å²) in [4.78, 5) is 21.3. The first kappa shape index (κ1) is 22.8. The molecule has 33 heavy (non-hydrogen) atoms. The van der Waals surface area contributed by atoms with Crippen LogP contribution < -0.4 is 10.6 Å². The van der Waals surface area contributed by atoms with Gasteiger partial charge in [-0.15, -0.1) is 0 Å². The highest BCUT2D eigenvalue weighted by atomic mass is 19.3. The Balaban J connectivity index is 1.66. The van der Waals surface area contributed by atoms with Crippen molar-refractivity contribution in [2.45, 2.75) is 45.2 Å². The Morgan fingerprint density at radius 1 is 1.30 bits per heavy atom. The normalized spacial score (nSPS) is 14.1. The van der Waals surface area contributed by atoms with E-state index in [9.17, 15) is 18.0 Å². The van der Waals surface area contributed by atoms with Crippen molar-refractivity contribution in [3.05, 3.63) is 59.2 Å². The van der Waals surface area contributed by atoms with Crippen LogP contribution in [0.25, 0.3) is 11.1 Å². The van der Waals surface area contributed by atoms with Crippen molar-refractivity contribution in [3.8, 4) is 0 Å². The predicted molar refractivity (Wildman–Crippen MR) is 119 cm³/mol. The van der Waals surface area contributed by atoms with Gasteiger partial charge in [0.2, 0.25) is 5.95 Å². The summed E-state index contributed by atoms with van der Waals surface area (Å²) in [6.07, 6.45) is 6.77. The molecule has 0 saturated carbocycles. The molecule has 0 aliphatic heterocycles. The van der Waals surface area contributed by atoms with E-state index in [0.29, 0.717) is 11.5 Å². The van der Waals surface area contributed by atoms with Gasteiger partial charge < -0.3 is 10.6 Å². The van der Waals surface area contributed by atoms with Crippen molar-refractivity contribution in [1.82, 2.24) is 24.9 Å².